The summed E-state index contributed by atoms with van der Waals surface area (Å²) in [5, 5.41) is 2.98. The molecule has 0 aromatic heterocycles. The molecule has 0 aliphatic rings. The average Bonchev–Trinajstić information content (AvgIpc) is 2.48. The summed E-state index contributed by atoms with van der Waals surface area (Å²) >= 11 is 5.07. The summed E-state index contributed by atoms with van der Waals surface area (Å²) in [6.07, 6.45) is 1.85. The van der Waals surface area contributed by atoms with Gasteiger partial charge in [-0.25, -0.2) is 0 Å². The number of anilines is 1. The van der Waals surface area contributed by atoms with Crippen molar-refractivity contribution in [2.45, 2.75) is 11.8 Å². The molecular weight excluding hydrogens is 346 g/mol. The molecule has 108 valence electrons. The van der Waals surface area contributed by atoms with E-state index in [0.717, 1.165) is 26.4 Å². The summed E-state index contributed by atoms with van der Waals surface area (Å²) in [4.78, 5) is 13.5. The molecule has 1 amide bonds. The third-order valence-corrected chi connectivity index (χ3v) is 4.62. The van der Waals surface area contributed by atoms with Gasteiger partial charge in [0, 0.05) is 15.1 Å². The van der Waals surface area contributed by atoms with E-state index >= 15 is 0 Å². The quantitative estimate of drug-likeness (QED) is 0.579. The standard InChI is InChI=1S/C17H16BrNOS/c1-3-10-21-16-7-5-4-6-15(16)19-17(20)13-11-12(2)8-9-14(13)18/h3-9,11H,1,10H2,2H3,(H,19,20). The highest BCUT2D eigenvalue weighted by molar-refractivity contribution is 9.10. The first-order chi connectivity index (χ1) is 10.1. The summed E-state index contributed by atoms with van der Waals surface area (Å²) in [6.45, 7) is 5.69. The normalized spacial score (nSPS) is 10.2. The fourth-order valence-electron chi connectivity index (χ4n) is 1.85. The van der Waals surface area contributed by atoms with Crippen LogP contribution in [0.1, 0.15) is 15.9 Å². The maximum absolute atomic E-state index is 12.4. The fourth-order valence-corrected chi connectivity index (χ4v) is 3.02. The van der Waals surface area contributed by atoms with Gasteiger partial charge in [0.15, 0.2) is 0 Å². The minimum atomic E-state index is -0.114. The van der Waals surface area contributed by atoms with Crippen molar-refractivity contribution in [2.24, 2.45) is 0 Å². The molecule has 0 heterocycles. The van der Waals surface area contributed by atoms with Gasteiger partial charge in [-0.2, -0.15) is 0 Å². The van der Waals surface area contributed by atoms with E-state index in [4.69, 9.17) is 0 Å². The maximum Gasteiger partial charge on any atom is 0.256 e. The molecule has 0 radical (unpaired) electrons. The summed E-state index contributed by atoms with van der Waals surface area (Å²) < 4.78 is 0.793. The highest BCUT2D eigenvalue weighted by Crippen LogP contribution is 2.28. The summed E-state index contributed by atoms with van der Waals surface area (Å²) in [5.74, 6) is 0.693. The van der Waals surface area contributed by atoms with Crippen LogP contribution in [0.15, 0.2) is 64.5 Å². The number of amides is 1. The van der Waals surface area contributed by atoms with Crippen molar-refractivity contribution in [3.63, 3.8) is 0 Å². The highest BCUT2D eigenvalue weighted by atomic mass is 79.9. The van der Waals surface area contributed by atoms with Crippen LogP contribution >= 0.6 is 27.7 Å². The molecule has 0 aliphatic heterocycles. The first-order valence-electron chi connectivity index (χ1n) is 6.52. The van der Waals surface area contributed by atoms with Crippen LogP contribution in [-0.4, -0.2) is 11.7 Å². The van der Waals surface area contributed by atoms with Crippen LogP contribution in [0.3, 0.4) is 0 Å². The van der Waals surface area contributed by atoms with Crippen LogP contribution in [0.25, 0.3) is 0 Å². The Morgan fingerprint density at radius 1 is 1.33 bits per heavy atom. The van der Waals surface area contributed by atoms with Crippen LogP contribution < -0.4 is 5.32 Å². The molecule has 21 heavy (non-hydrogen) atoms. The fraction of sp³-hybridized carbons (Fsp3) is 0.118. The molecule has 0 aliphatic carbocycles. The second-order valence-corrected chi connectivity index (χ2v) is 6.45. The van der Waals surface area contributed by atoms with Crippen LogP contribution in [0.5, 0.6) is 0 Å². The lowest BCUT2D eigenvalue weighted by Crippen LogP contribution is -2.13. The van der Waals surface area contributed by atoms with Gasteiger partial charge in [0.25, 0.3) is 5.91 Å². The van der Waals surface area contributed by atoms with Gasteiger partial charge in [-0.1, -0.05) is 29.8 Å². The highest BCUT2D eigenvalue weighted by Gasteiger charge is 2.12. The number of hydrogen-bond acceptors (Lipinski definition) is 2. The second-order valence-electron chi connectivity index (χ2n) is 4.53. The number of nitrogens with one attached hydrogen (secondary N) is 1. The predicted molar refractivity (Wildman–Crippen MR) is 94.2 cm³/mol. The van der Waals surface area contributed by atoms with Crippen LogP contribution in [0, 0.1) is 6.92 Å². The molecule has 0 saturated carbocycles. The van der Waals surface area contributed by atoms with Gasteiger partial charge in [-0.3, -0.25) is 4.79 Å². The zero-order chi connectivity index (χ0) is 15.2. The van der Waals surface area contributed by atoms with Crippen molar-refractivity contribution in [1.29, 1.82) is 0 Å². The number of para-hydroxylation sites is 1. The summed E-state index contributed by atoms with van der Waals surface area (Å²) in [6, 6.07) is 13.5. The molecule has 0 saturated heterocycles. The van der Waals surface area contributed by atoms with Gasteiger partial charge in [0.05, 0.1) is 11.3 Å². The van der Waals surface area contributed by atoms with E-state index in [1.165, 1.54) is 0 Å². The molecule has 4 heteroatoms. The Kier molecular flexibility index (Phi) is 5.65. The number of carbonyl (C=O) groups excluding carboxylic acids is 1. The number of halogens is 1. The van der Waals surface area contributed by atoms with Crippen LogP contribution in [0.2, 0.25) is 0 Å². The van der Waals surface area contributed by atoms with Crippen LogP contribution in [-0.2, 0) is 0 Å². The molecule has 0 fully saturated rings. The number of carbonyl (C=O) groups is 1. The third kappa shape index (κ3) is 4.22. The molecule has 0 atom stereocenters. The lowest BCUT2D eigenvalue weighted by atomic mass is 10.1. The van der Waals surface area contributed by atoms with E-state index < -0.39 is 0 Å². The SMILES string of the molecule is C=CCSc1ccccc1NC(=O)c1cc(C)ccc1Br. The van der Waals surface area contributed by atoms with Crippen molar-refractivity contribution in [1.82, 2.24) is 0 Å². The number of benzene rings is 2. The van der Waals surface area contributed by atoms with Crippen LogP contribution in [0.4, 0.5) is 5.69 Å². The zero-order valence-corrected chi connectivity index (χ0v) is 14.1. The molecule has 2 nitrogen and oxygen atoms in total. The molecular formula is C17H16BrNOS. The van der Waals surface area contributed by atoms with Gasteiger partial charge in [0.1, 0.15) is 0 Å². The molecule has 1 N–H and O–H groups in total. The molecule has 0 unspecified atom stereocenters. The van der Waals surface area contributed by atoms with Gasteiger partial charge in [-0.05, 0) is 47.1 Å². The van der Waals surface area contributed by atoms with E-state index in [9.17, 15) is 4.79 Å². The Labute approximate surface area is 137 Å². The Balaban J connectivity index is 2.23. The lowest BCUT2D eigenvalue weighted by Gasteiger charge is -2.11. The van der Waals surface area contributed by atoms with Gasteiger partial charge in [0.2, 0.25) is 0 Å². The largest absolute Gasteiger partial charge is 0.321 e. The van der Waals surface area contributed by atoms with Crippen molar-refractivity contribution < 1.29 is 4.79 Å². The molecule has 2 rings (SSSR count). The van der Waals surface area contributed by atoms with Gasteiger partial charge < -0.3 is 5.32 Å². The summed E-state index contributed by atoms with van der Waals surface area (Å²) in [5.41, 5.74) is 2.51. The molecule has 2 aromatic rings. The molecule has 0 bridgehead atoms. The second kappa shape index (κ2) is 7.48. The Bertz CT molecular complexity index is 670. The molecule has 0 spiro atoms. The number of hydrogen-bond donors (Lipinski definition) is 1. The Morgan fingerprint density at radius 2 is 2.10 bits per heavy atom. The zero-order valence-electron chi connectivity index (χ0n) is 11.7. The lowest BCUT2D eigenvalue weighted by molar-refractivity contribution is 0.102. The average molecular weight is 362 g/mol. The monoisotopic (exact) mass is 361 g/mol. The van der Waals surface area contributed by atoms with E-state index in [1.807, 2.05) is 55.5 Å². The van der Waals surface area contributed by atoms with Crippen molar-refractivity contribution in [3.05, 3.63) is 70.7 Å². The number of rotatable bonds is 5. The van der Waals surface area contributed by atoms with E-state index in [-0.39, 0.29) is 5.91 Å². The first kappa shape index (κ1) is 15.9. The van der Waals surface area contributed by atoms with E-state index in [2.05, 4.69) is 27.8 Å². The maximum atomic E-state index is 12.4. The van der Waals surface area contributed by atoms with Gasteiger partial charge in [-0.15, -0.1) is 18.3 Å². The molecule has 2 aromatic carbocycles. The van der Waals surface area contributed by atoms with E-state index in [1.54, 1.807) is 11.8 Å². The number of thioether (sulfide) groups is 1. The predicted octanol–water partition coefficient (Wildman–Crippen LogP) is 5.29. The Morgan fingerprint density at radius 3 is 2.86 bits per heavy atom. The minimum Gasteiger partial charge on any atom is -0.321 e. The van der Waals surface area contributed by atoms with Gasteiger partial charge >= 0.3 is 0 Å². The van der Waals surface area contributed by atoms with E-state index in [0.29, 0.717) is 5.56 Å². The minimum absolute atomic E-state index is 0.114. The first-order valence-corrected chi connectivity index (χ1v) is 8.30. The van der Waals surface area contributed by atoms with Crippen molar-refractivity contribution in [3.8, 4) is 0 Å². The smallest absolute Gasteiger partial charge is 0.256 e. The summed E-state index contributed by atoms with van der Waals surface area (Å²) in [7, 11) is 0. The van der Waals surface area contributed by atoms with Crippen molar-refractivity contribution in [2.75, 3.05) is 11.1 Å². The third-order valence-electron chi connectivity index (χ3n) is 2.86. The topological polar surface area (TPSA) is 29.1 Å². The number of aryl methyl sites for hydroxylation is 1. The Hall–Kier alpha value is -1.52. The van der Waals surface area contributed by atoms with Crippen molar-refractivity contribution >= 4 is 39.3 Å².